The number of fused-ring (bicyclic) bond motifs is 2. The van der Waals surface area contributed by atoms with Crippen LogP contribution in [-0.2, 0) is 14.3 Å². The number of hydrogen-bond donors (Lipinski definition) is 0. The Balaban J connectivity index is 1.83. The van der Waals surface area contributed by atoms with Gasteiger partial charge in [0.15, 0.2) is 4.80 Å². The highest BCUT2D eigenvalue weighted by atomic mass is 32.1. The zero-order valence-electron chi connectivity index (χ0n) is 23.0. The van der Waals surface area contributed by atoms with E-state index in [1.807, 2.05) is 62.4 Å². The first-order valence-electron chi connectivity index (χ1n) is 13.6. The first-order chi connectivity index (χ1) is 18.8. The minimum Gasteiger partial charge on any atom is -0.463 e. The van der Waals surface area contributed by atoms with Gasteiger partial charge in [0.1, 0.15) is 4.53 Å². The van der Waals surface area contributed by atoms with Gasteiger partial charge in [-0.25, -0.2) is 9.79 Å². The first kappa shape index (κ1) is 26.8. The van der Waals surface area contributed by atoms with Crippen LogP contribution in [0.5, 0.6) is 0 Å². The van der Waals surface area contributed by atoms with Gasteiger partial charge in [0.2, 0.25) is 0 Å². The number of anilines is 1. The Hall–Kier alpha value is -3.78. The second kappa shape index (κ2) is 10.8. The zero-order chi connectivity index (χ0) is 27.8. The van der Waals surface area contributed by atoms with Gasteiger partial charge in [0.05, 0.1) is 35.2 Å². The molecule has 0 aliphatic carbocycles. The number of nitrogens with zero attached hydrogens (tertiary/aromatic N) is 3. The quantitative estimate of drug-likeness (QED) is 0.413. The molecular formula is C31H33N3O4S. The number of thiazole rings is 1. The fourth-order valence-electron chi connectivity index (χ4n) is 5.36. The Morgan fingerprint density at radius 3 is 2.41 bits per heavy atom. The molecule has 39 heavy (non-hydrogen) atoms. The number of carbonyl (C=O) groups is 2. The third-order valence-corrected chi connectivity index (χ3v) is 8.31. The molecule has 0 spiro atoms. The van der Waals surface area contributed by atoms with E-state index in [0.717, 1.165) is 28.8 Å². The Morgan fingerprint density at radius 1 is 1.05 bits per heavy atom. The molecule has 2 aliphatic rings. The number of para-hydroxylation sites is 1. The Bertz CT molecular complexity index is 1660. The third-order valence-electron chi connectivity index (χ3n) is 7.25. The number of likely N-dealkylation sites (N-methyl/N-ethyl adjacent to an activating group) is 1. The summed E-state index contributed by atoms with van der Waals surface area (Å²) in [6.45, 7) is 10.7. The molecule has 0 radical (unpaired) electrons. The second-order valence-corrected chi connectivity index (χ2v) is 11.0. The normalized spacial score (nSPS) is 17.8. The predicted octanol–water partition coefficient (Wildman–Crippen LogP) is 4.44. The Labute approximate surface area is 231 Å². The van der Waals surface area contributed by atoms with Gasteiger partial charge >= 0.3 is 5.97 Å². The summed E-state index contributed by atoms with van der Waals surface area (Å²) in [4.78, 5) is 48.2. The van der Waals surface area contributed by atoms with Crippen LogP contribution in [0.3, 0.4) is 0 Å². The smallest absolute Gasteiger partial charge is 0.338 e. The molecule has 2 aliphatic heterocycles. The van der Waals surface area contributed by atoms with Crippen molar-refractivity contribution in [3.63, 3.8) is 0 Å². The van der Waals surface area contributed by atoms with Crippen LogP contribution in [0, 0.1) is 0 Å². The first-order valence-corrected chi connectivity index (χ1v) is 14.4. The van der Waals surface area contributed by atoms with E-state index in [2.05, 4.69) is 13.8 Å². The van der Waals surface area contributed by atoms with Crippen molar-refractivity contribution in [3.8, 4) is 0 Å². The van der Waals surface area contributed by atoms with Crippen molar-refractivity contribution in [2.24, 2.45) is 4.99 Å². The van der Waals surface area contributed by atoms with Crippen LogP contribution in [0.25, 0.3) is 5.57 Å². The van der Waals surface area contributed by atoms with Crippen LogP contribution in [0.1, 0.15) is 76.1 Å². The fourth-order valence-corrected chi connectivity index (χ4v) is 6.47. The van der Waals surface area contributed by atoms with Crippen LogP contribution in [0.15, 0.2) is 69.6 Å². The lowest BCUT2D eigenvalue weighted by Crippen LogP contribution is -2.41. The van der Waals surface area contributed by atoms with Crippen LogP contribution in [0.2, 0.25) is 0 Å². The van der Waals surface area contributed by atoms with Crippen LogP contribution in [-0.4, -0.2) is 29.6 Å². The van der Waals surface area contributed by atoms with E-state index in [1.165, 1.54) is 11.3 Å². The summed E-state index contributed by atoms with van der Waals surface area (Å²) in [5.74, 6) is -0.325. The lowest BCUT2D eigenvalue weighted by molar-refractivity contribution is -0.139. The highest BCUT2D eigenvalue weighted by Gasteiger charge is 2.37. The number of ether oxygens (including phenoxy) is 1. The molecule has 202 valence electrons. The predicted molar refractivity (Wildman–Crippen MR) is 154 cm³/mol. The van der Waals surface area contributed by atoms with E-state index < -0.39 is 12.0 Å². The maximum Gasteiger partial charge on any atom is 0.338 e. The third kappa shape index (κ3) is 4.46. The molecular weight excluding hydrogens is 510 g/mol. The molecule has 0 N–H and O–H groups in total. The molecule has 8 heteroatoms. The van der Waals surface area contributed by atoms with Gasteiger partial charge < -0.3 is 9.64 Å². The van der Waals surface area contributed by atoms with E-state index in [0.29, 0.717) is 45.1 Å². The highest BCUT2D eigenvalue weighted by Crippen LogP contribution is 2.36. The van der Waals surface area contributed by atoms with Crippen LogP contribution in [0.4, 0.5) is 5.69 Å². The van der Waals surface area contributed by atoms with Crippen LogP contribution < -0.4 is 19.8 Å². The van der Waals surface area contributed by atoms with Gasteiger partial charge in [-0.05, 0) is 43.4 Å². The lowest BCUT2D eigenvalue weighted by atomic mass is 9.92. The van der Waals surface area contributed by atoms with Gasteiger partial charge in [0, 0.05) is 12.1 Å². The number of benzene rings is 2. The van der Waals surface area contributed by atoms with Crippen molar-refractivity contribution >= 4 is 34.5 Å². The molecule has 3 heterocycles. The van der Waals surface area contributed by atoms with Crippen molar-refractivity contribution in [1.29, 1.82) is 0 Å². The molecule has 1 aromatic heterocycles. The molecule has 0 saturated carbocycles. The zero-order valence-corrected chi connectivity index (χ0v) is 23.8. The molecule has 5 rings (SSSR count). The molecule has 1 amide bonds. The highest BCUT2D eigenvalue weighted by molar-refractivity contribution is 7.07. The van der Waals surface area contributed by atoms with Crippen LogP contribution >= 0.6 is 11.3 Å². The van der Waals surface area contributed by atoms with E-state index in [9.17, 15) is 14.4 Å². The SMILES string of the molecule is CCCC1=C(C(=O)OCC)[C@H](c2ccc(C(C)C)cc2)n2c(s/c(=C3/C(=O)N(CC)c4ccccc43)c2=O)=N1. The number of carbonyl (C=O) groups excluding carboxylic acids is 2. The van der Waals surface area contributed by atoms with E-state index >= 15 is 0 Å². The van der Waals surface area contributed by atoms with Crippen molar-refractivity contribution in [1.82, 2.24) is 4.57 Å². The molecule has 2 aromatic carbocycles. The van der Waals surface area contributed by atoms with E-state index in [1.54, 1.807) is 16.4 Å². The number of hydrogen-bond acceptors (Lipinski definition) is 6. The summed E-state index contributed by atoms with van der Waals surface area (Å²) in [7, 11) is 0. The summed E-state index contributed by atoms with van der Waals surface area (Å²) in [6.07, 6.45) is 1.34. The fraction of sp³-hybridized carbons (Fsp3) is 0.355. The summed E-state index contributed by atoms with van der Waals surface area (Å²) in [5.41, 5.74) is 4.58. The van der Waals surface area contributed by atoms with Gasteiger partial charge in [-0.3, -0.25) is 14.2 Å². The van der Waals surface area contributed by atoms with E-state index in [-0.39, 0.29) is 18.1 Å². The largest absolute Gasteiger partial charge is 0.463 e. The lowest BCUT2D eigenvalue weighted by Gasteiger charge is -2.26. The molecule has 0 unspecified atom stereocenters. The molecule has 1 atom stereocenters. The monoisotopic (exact) mass is 543 g/mol. The summed E-state index contributed by atoms with van der Waals surface area (Å²) < 4.78 is 7.41. The van der Waals surface area contributed by atoms with Gasteiger partial charge in [-0.1, -0.05) is 81.0 Å². The maximum atomic E-state index is 14.2. The Morgan fingerprint density at radius 2 is 1.77 bits per heavy atom. The van der Waals surface area contributed by atoms with Gasteiger partial charge in [0.25, 0.3) is 11.5 Å². The number of esters is 1. The standard InChI is InChI=1S/C31H33N3O4S/c1-6-11-22-25(30(37)38-8-3)26(20-16-14-19(15-17-20)18(4)5)34-29(36)27(39-31(34)32-22)24-21-12-9-10-13-23(21)33(7-2)28(24)35/h9-10,12-18,26H,6-8,11H2,1-5H3/b27-24+/t26-/m0/s1. The van der Waals surface area contributed by atoms with Crippen molar-refractivity contribution in [2.75, 3.05) is 18.1 Å². The molecule has 7 nitrogen and oxygen atoms in total. The van der Waals surface area contributed by atoms with Crippen molar-refractivity contribution in [2.45, 2.75) is 59.4 Å². The minimum absolute atomic E-state index is 0.194. The van der Waals surface area contributed by atoms with Gasteiger partial charge in [-0.2, -0.15) is 0 Å². The molecule has 0 bridgehead atoms. The van der Waals surface area contributed by atoms with E-state index in [4.69, 9.17) is 9.73 Å². The molecule has 3 aromatic rings. The summed E-state index contributed by atoms with van der Waals surface area (Å²) in [6, 6.07) is 14.9. The number of amides is 1. The Kier molecular flexibility index (Phi) is 7.40. The maximum absolute atomic E-state index is 14.2. The van der Waals surface area contributed by atoms with Gasteiger partial charge in [-0.15, -0.1) is 0 Å². The average molecular weight is 544 g/mol. The number of rotatable bonds is 7. The molecule has 0 saturated heterocycles. The van der Waals surface area contributed by atoms with Crippen molar-refractivity contribution in [3.05, 3.63) is 96.2 Å². The number of allylic oxidation sites excluding steroid dienone is 1. The number of aromatic nitrogens is 1. The van der Waals surface area contributed by atoms with Crippen molar-refractivity contribution < 1.29 is 14.3 Å². The topological polar surface area (TPSA) is 81.0 Å². The minimum atomic E-state index is -0.702. The summed E-state index contributed by atoms with van der Waals surface area (Å²) in [5, 5.41) is 0. The average Bonchev–Trinajstić information content (AvgIpc) is 3.40. The molecule has 0 fully saturated rings. The second-order valence-electron chi connectivity index (χ2n) is 10.00. The summed E-state index contributed by atoms with van der Waals surface area (Å²) >= 11 is 1.22.